The summed E-state index contributed by atoms with van der Waals surface area (Å²) in [6.07, 6.45) is -0.331. The third-order valence-electron chi connectivity index (χ3n) is 1.89. The number of hydrogen-bond donors (Lipinski definition) is 1. The van der Waals surface area contributed by atoms with Gasteiger partial charge in [0.15, 0.2) is 0 Å². The molecule has 0 atom stereocenters. The highest BCUT2D eigenvalue weighted by Crippen LogP contribution is 2.12. The van der Waals surface area contributed by atoms with Gasteiger partial charge in [-0.15, -0.1) is 4.57 Å². The maximum atomic E-state index is 11.7. The molecule has 0 aliphatic heterocycles. The molecule has 7 heteroatoms. The van der Waals surface area contributed by atoms with Gasteiger partial charge < -0.3 is 21.7 Å². The van der Waals surface area contributed by atoms with E-state index in [0.29, 0.717) is 13.3 Å². The Morgan fingerprint density at radius 3 is 2.76 bits per heavy atom. The van der Waals surface area contributed by atoms with Gasteiger partial charge in [0.05, 0.1) is 6.61 Å². The molecule has 0 aromatic carbocycles. The summed E-state index contributed by atoms with van der Waals surface area (Å²) in [6.45, 7) is 4.74. The van der Waals surface area contributed by atoms with Crippen molar-refractivity contribution in [3.63, 3.8) is 0 Å². The number of ether oxygens (including phenoxy) is 1. The normalized spacial score (nSPS) is 9.94. The van der Waals surface area contributed by atoms with Crippen molar-refractivity contribution in [1.29, 1.82) is 0 Å². The van der Waals surface area contributed by atoms with E-state index in [4.69, 9.17) is 4.74 Å². The van der Waals surface area contributed by atoms with Crippen LogP contribution in [0.2, 0.25) is 0 Å². The van der Waals surface area contributed by atoms with Gasteiger partial charge in [0, 0.05) is 5.38 Å². The van der Waals surface area contributed by atoms with E-state index in [9.17, 15) is 4.79 Å². The summed E-state index contributed by atoms with van der Waals surface area (Å²) < 4.78 is 6.54. The van der Waals surface area contributed by atoms with Crippen LogP contribution in [-0.2, 0) is 4.74 Å². The first-order valence-electron chi connectivity index (χ1n) is 5.12. The topological polar surface area (TPSA) is 45.5 Å². The SMILES string of the molecule is CCOC(=O)[n+]1c(C)csc1NCN(C)C.[Br-]. The summed E-state index contributed by atoms with van der Waals surface area (Å²) in [6, 6.07) is 0. The van der Waals surface area contributed by atoms with Gasteiger partial charge in [0.2, 0.25) is 0 Å². The maximum absolute atomic E-state index is 11.7. The Balaban J connectivity index is 0.00000256. The summed E-state index contributed by atoms with van der Waals surface area (Å²) in [5, 5.41) is 5.90. The molecule has 0 saturated heterocycles. The average Bonchev–Trinajstić information content (AvgIpc) is 2.57. The highest BCUT2D eigenvalue weighted by molar-refractivity contribution is 7.13. The molecule has 0 aliphatic carbocycles. The number of thiazole rings is 1. The number of anilines is 1. The van der Waals surface area contributed by atoms with Gasteiger partial charge in [0.1, 0.15) is 12.4 Å². The molecule has 1 aromatic rings. The monoisotopic (exact) mass is 323 g/mol. The highest BCUT2D eigenvalue weighted by Gasteiger charge is 2.23. The van der Waals surface area contributed by atoms with Crippen molar-refractivity contribution in [2.24, 2.45) is 0 Å². The third kappa shape index (κ3) is 4.61. The number of hydrogen-bond acceptors (Lipinski definition) is 5. The predicted molar refractivity (Wildman–Crippen MR) is 63.8 cm³/mol. The van der Waals surface area contributed by atoms with Gasteiger partial charge in [-0.25, -0.2) is 0 Å². The quantitative estimate of drug-likeness (QED) is 0.529. The second kappa shape index (κ2) is 7.62. The molecule has 0 radical (unpaired) electrons. The summed E-state index contributed by atoms with van der Waals surface area (Å²) >= 11 is 1.50. The van der Waals surface area contributed by atoms with Crippen molar-refractivity contribution in [3.05, 3.63) is 11.1 Å². The fourth-order valence-electron chi connectivity index (χ4n) is 1.17. The molecule has 1 rings (SSSR count). The Hall–Kier alpha value is -0.660. The maximum Gasteiger partial charge on any atom is 0.512 e. The third-order valence-corrected chi connectivity index (χ3v) is 2.90. The molecule has 0 saturated carbocycles. The van der Waals surface area contributed by atoms with Crippen molar-refractivity contribution in [3.8, 4) is 0 Å². The number of halogens is 1. The van der Waals surface area contributed by atoms with Gasteiger partial charge in [-0.1, -0.05) is 11.3 Å². The molecule has 0 aliphatic rings. The van der Waals surface area contributed by atoms with Crippen LogP contribution in [0.3, 0.4) is 0 Å². The number of nitrogens with one attached hydrogen (secondary N) is 1. The Morgan fingerprint density at radius 2 is 2.24 bits per heavy atom. The molecule has 1 heterocycles. The minimum absolute atomic E-state index is 0. The lowest BCUT2D eigenvalue weighted by atomic mass is 10.5. The van der Waals surface area contributed by atoms with Crippen LogP contribution in [0.15, 0.2) is 5.38 Å². The van der Waals surface area contributed by atoms with Gasteiger partial charge in [-0.2, -0.15) is 4.79 Å². The molecule has 1 aromatic heterocycles. The van der Waals surface area contributed by atoms with E-state index in [2.05, 4.69) is 5.32 Å². The van der Waals surface area contributed by atoms with Crippen molar-refractivity contribution in [2.75, 3.05) is 32.7 Å². The zero-order chi connectivity index (χ0) is 12.1. The number of rotatable bonds is 4. The first-order valence-corrected chi connectivity index (χ1v) is 6.00. The van der Waals surface area contributed by atoms with E-state index < -0.39 is 0 Å². The van der Waals surface area contributed by atoms with Crippen molar-refractivity contribution >= 4 is 22.6 Å². The number of carbonyl (C=O) groups excluding carboxylic acids is 1. The van der Waals surface area contributed by atoms with Crippen molar-refractivity contribution in [2.45, 2.75) is 13.8 Å². The lowest BCUT2D eigenvalue weighted by Gasteiger charge is -2.06. The van der Waals surface area contributed by atoms with Crippen LogP contribution < -0.4 is 26.9 Å². The number of aryl methyl sites for hydroxylation is 1. The van der Waals surface area contributed by atoms with Crippen LogP contribution >= 0.6 is 11.3 Å². The molecule has 98 valence electrons. The first kappa shape index (κ1) is 16.3. The number of aromatic nitrogens is 1. The van der Waals surface area contributed by atoms with Crippen LogP contribution in [0.25, 0.3) is 0 Å². The molecule has 0 fully saturated rings. The number of carbonyl (C=O) groups is 1. The van der Waals surface area contributed by atoms with Crippen LogP contribution in [0.4, 0.5) is 9.93 Å². The molecule has 5 nitrogen and oxygen atoms in total. The van der Waals surface area contributed by atoms with Gasteiger partial charge >= 0.3 is 11.2 Å². The lowest BCUT2D eigenvalue weighted by Crippen LogP contribution is -3.00. The molecule has 17 heavy (non-hydrogen) atoms. The predicted octanol–water partition coefficient (Wildman–Crippen LogP) is -1.72. The Kier molecular flexibility index (Phi) is 7.33. The Morgan fingerprint density at radius 1 is 1.59 bits per heavy atom. The van der Waals surface area contributed by atoms with Gasteiger partial charge in [0.25, 0.3) is 0 Å². The lowest BCUT2D eigenvalue weighted by molar-refractivity contribution is -0.573. The smallest absolute Gasteiger partial charge is 0.512 e. The molecule has 0 unspecified atom stereocenters. The van der Waals surface area contributed by atoms with E-state index in [1.807, 2.05) is 31.3 Å². The highest BCUT2D eigenvalue weighted by atomic mass is 79.9. The summed E-state index contributed by atoms with van der Waals surface area (Å²) in [4.78, 5) is 13.7. The molecule has 0 bridgehead atoms. The molecule has 1 N–H and O–H groups in total. The summed E-state index contributed by atoms with van der Waals surface area (Å²) in [7, 11) is 3.92. The summed E-state index contributed by atoms with van der Waals surface area (Å²) in [5.41, 5.74) is 0.879. The Labute approximate surface area is 116 Å². The van der Waals surface area contributed by atoms with E-state index in [-0.39, 0.29) is 23.1 Å². The van der Waals surface area contributed by atoms with Crippen molar-refractivity contribution in [1.82, 2.24) is 4.90 Å². The number of nitrogens with zero attached hydrogens (tertiary/aromatic N) is 2. The minimum Gasteiger partial charge on any atom is -1.00 e. The first-order chi connectivity index (χ1) is 7.56. The molecular weight excluding hydrogens is 306 g/mol. The fraction of sp³-hybridized carbons (Fsp3) is 0.600. The molecular formula is C10H18BrN3O2S. The van der Waals surface area contributed by atoms with E-state index in [1.165, 1.54) is 11.3 Å². The van der Waals surface area contributed by atoms with E-state index in [1.54, 1.807) is 11.5 Å². The minimum atomic E-state index is -0.331. The fourth-order valence-corrected chi connectivity index (χ4v) is 2.03. The standard InChI is InChI=1S/C10H17N3O2S.BrH/c1-5-15-10(14)13-8(2)6-16-9(13)11-7-12(3)4;/h6H,5,7H2,1-4H3;1H. The van der Waals surface area contributed by atoms with E-state index >= 15 is 0 Å². The largest absolute Gasteiger partial charge is 1.00 e. The van der Waals surface area contributed by atoms with Crippen molar-refractivity contribution < 1.29 is 31.1 Å². The van der Waals surface area contributed by atoms with E-state index in [0.717, 1.165) is 10.8 Å². The molecule has 0 spiro atoms. The zero-order valence-corrected chi connectivity index (χ0v) is 12.9. The second-order valence-corrected chi connectivity index (χ2v) is 4.49. The van der Waals surface area contributed by atoms with Gasteiger partial charge in [-0.05, 0) is 27.9 Å². The Bertz CT molecular complexity index is 368. The summed E-state index contributed by atoms with van der Waals surface area (Å²) in [5.74, 6) is 0. The van der Waals surface area contributed by atoms with Crippen LogP contribution in [0.1, 0.15) is 12.6 Å². The second-order valence-electron chi connectivity index (χ2n) is 3.63. The van der Waals surface area contributed by atoms with Crippen LogP contribution in [0, 0.1) is 6.92 Å². The molecule has 0 amide bonds. The van der Waals surface area contributed by atoms with Crippen LogP contribution in [0.5, 0.6) is 0 Å². The zero-order valence-electron chi connectivity index (χ0n) is 10.5. The average molecular weight is 324 g/mol. The van der Waals surface area contributed by atoms with Crippen LogP contribution in [-0.4, -0.2) is 38.4 Å². The van der Waals surface area contributed by atoms with Gasteiger partial charge in [-0.3, -0.25) is 10.2 Å².